The van der Waals surface area contributed by atoms with E-state index in [2.05, 4.69) is 11.8 Å². The average molecular weight is 155 g/mol. The van der Waals surface area contributed by atoms with Gasteiger partial charge in [-0.15, -0.1) is 0 Å². The molecule has 1 heterocycles. The van der Waals surface area contributed by atoms with Gasteiger partial charge in [-0.05, 0) is 26.8 Å². The quantitative estimate of drug-likeness (QED) is 0.525. The molecule has 64 valence electrons. The van der Waals surface area contributed by atoms with Crippen LogP contribution < -0.4 is 0 Å². The number of carbonyl (C=O) groups is 1. The van der Waals surface area contributed by atoms with E-state index in [1.807, 2.05) is 20.9 Å². The van der Waals surface area contributed by atoms with Gasteiger partial charge in [-0.2, -0.15) is 0 Å². The third-order valence-electron chi connectivity index (χ3n) is 2.76. The van der Waals surface area contributed by atoms with Crippen LogP contribution in [0, 0.1) is 5.92 Å². The van der Waals surface area contributed by atoms with E-state index in [1.165, 1.54) is 0 Å². The summed E-state index contributed by atoms with van der Waals surface area (Å²) >= 11 is 0. The Morgan fingerprint density at radius 3 is 2.55 bits per heavy atom. The van der Waals surface area contributed by atoms with Crippen LogP contribution in [0.1, 0.15) is 27.2 Å². The summed E-state index contributed by atoms with van der Waals surface area (Å²) in [5.41, 5.74) is -0.230. The molecule has 1 fully saturated rings. The molecular weight excluding hydrogens is 138 g/mol. The molecule has 2 nitrogen and oxygen atoms in total. The molecule has 2 heteroatoms. The summed E-state index contributed by atoms with van der Waals surface area (Å²) in [6.07, 6.45) is 0.747. The van der Waals surface area contributed by atoms with Gasteiger partial charge in [-0.1, -0.05) is 6.92 Å². The second-order valence-corrected chi connectivity index (χ2v) is 4.17. The van der Waals surface area contributed by atoms with Crippen molar-refractivity contribution in [3.05, 3.63) is 0 Å². The highest BCUT2D eigenvalue weighted by Crippen LogP contribution is 2.25. The Morgan fingerprint density at radius 2 is 2.09 bits per heavy atom. The number of likely N-dealkylation sites (N-methyl/N-ethyl adjacent to an activating group) is 1. The van der Waals surface area contributed by atoms with Crippen LogP contribution in [0.3, 0.4) is 0 Å². The van der Waals surface area contributed by atoms with Crippen LogP contribution in [0.5, 0.6) is 0 Å². The summed E-state index contributed by atoms with van der Waals surface area (Å²) in [7, 11) is 2.02. The maximum atomic E-state index is 11.5. The Bertz CT molecular complexity index is 174. The van der Waals surface area contributed by atoms with Crippen molar-refractivity contribution in [1.82, 2.24) is 4.90 Å². The maximum absolute atomic E-state index is 11.5. The molecule has 0 radical (unpaired) electrons. The smallest absolute Gasteiger partial charge is 0.152 e. The lowest BCUT2D eigenvalue weighted by molar-refractivity contribution is -0.133. The molecule has 0 spiro atoms. The fraction of sp³-hybridized carbons (Fsp3) is 0.889. The third kappa shape index (κ3) is 1.45. The van der Waals surface area contributed by atoms with Gasteiger partial charge in [-0.25, -0.2) is 0 Å². The topological polar surface area (TPSA) is 20.3 Å². The van der Waals surface area contributed by atoms with Crippen molar-refractivity contribution in [1.29, 1.82) is 0 Å². The van der Waals surface area contributed by atoms with Crippen LogP contribution in [0.25, 0.3) is 0 Å². The summed E-state index contributed by atoms with van der Waals surface area (Å²) in [6, 6.07) is 0. The zero-order valence-electron chi connectivity index (χ0n) is 7.85. The molecule has 0 aromatic heterocycles. The zero-order valence-corrected chi connectivity index (χ0v) is 7.85. The number of ketones is 1. The van der Waals surface area contributed by atoms with E-state index >= 15 is 0 Å². The molecule has 0 N–H and O–H groups in total. The number of nitrogens with zero attached hydrogens (tertiary/aromatic N) is 1. The number of carbonyl (C=O) groups excluding carboxylic acids is 1. The molecular formula is C9H17NO. The highest BCUT2D eigenvalue weighted by Gasteiger charge is 2.37. The van der Waals surface area contributed by atoms with Crippen molar-refractivity contribution in [2.24, 2.45) is 5.92 Å². The lowest BCUT2D eigenvalue weighted by Gasteiger charge is -2.40. The van der Waals surface area contributed by atoms with Crippen molar-refractivity contribution in [2.75, 3.05) is 13.6 Å². The molecule has 11 heavy (non-hydrogen) atoms. The number of hydrogen-bond acceptors (Lipinski definition) is 2. The summed E-state index contributed by atoms with van der Waals surface area (Å²) in [6.45, 7) is 7.17. The first-order valence-corrected chi connectivity index (χ1v) is 4.19. The molecule has 1 aliphatic rings. The van der Waals surface area contributed by atoms with E-state index in [0.29, 0.717) is 11.7 Å². The minimum absolute atomic E-state index is 0.230. The number of piperidine rings is 1. The predicted molar refractivity (Wildman–Crippen MR) is 45.5 cm³/mol. The van der Waals surface area contributed by atoms with Gasteiger partial charge in [0.15, 0.2) is 5.78 Å². The molecule has 1 aliphatic heterocycles. The monoisotopic (exact) mass is 155 g/mol. The second-order valence-electron chi connectivity index (χ2n) is 4.17. The second kappa shape index (κ2) is 2.59. The normalized spacial score (nSPS) is 32.4. The van der Waals surface area contributed by atoms with E-state index in [0.717, 1.165) is 13.0 Å². The van der Waals surface area contributed by atoms with Crippen LogP contribution in [-0.2, 0) is 4.79 Å². The standard InChI is InChI=1S/C9H17NO/c1-7-5-8(11)9(2,3)10(4)6-7/h7H,5-6H2,1-4H3/t7-/m1/s1. The molecule has 1 saturated heterocycles. The van der Waals surface area contributed by atoms with Gasteiger partial charge in [0.05, 0.1) is 5.54 Å². The van der Waals surface area contributed by atoms with Crippen LogP contribution in [-0.4, -0.2) is 29.8 Å². The van der Waals surface area contributed by atoms with E-state index in [4.69, 9.17) is 0 Å². The highest BCUT2D eigenvalue weighted by molar-refractivity contribution is 5.88. The predicted octanol–water partition coefficient (Wildman–Crippen LogP) is 1.31. The van der Waals surface area contributed by atoms with Crippen LogP contribution in [0.15, 0.2) is 0 Å². The summed E-state index contributed by atoms with van der Waals surface area (Å²) in [5.74, 6) is 0.902. The minimum atomic E-state index is -0.230. The van der Waals surface area contributed by atoms with Crippen molar-refractivity contribution >= 4 is 5.78 Å². The molecule has 0 bridgehead atoms. The van der Waals surface area contributed by atoms with Crippen LogP contribution >= 0.6 is 0 Å². The van der Waals surface area contributed by atoms with Crippen molar-refractivity contribution in [2.45, 2.75) is 32.7 Å². The number of Topliss-reactive ketones (excluding diaryl/α,β-unsaturated/α-hetero) is 1. The Hall–Kier alpha value is -0.370. The summed E-state index contributed by atoms with van der Waals surface area (Å²) < 4.78 is 0. The van der Waals surface area contributed by atoms with Gasteiger partial charge < -0.3 is 0 Å². The van der Waals surface area contributed by atoms with Gasteiger partial charge in [0, 0.05) is 13.0 Å². The van der Waals surface area contributed by atoms with Crippen LogP contribution in [0.4, 0.5) is 0 Å². The Morgan fingerprint density at radius 1 is 1.55 bits per heavy atom. The molecule has 0 saturated carbocycles. The summed E-state index contributed by atoms with van der Waals surface area (Å²) in [5, 5.41) is 0. The van der Waals surface area contributed by atoms with Crippen molar-refractivity contribution in [3.8, 4) is 0 Å². The van der Waals surface area contributed by atoms with Gasteiger partial charge in [0.25, 0.3) is 0 Å². The Kier molecular flexibility index (Phi) is 2.06. The number of rotatable bonds is 0. The van der Waals surface area contributed by atoms with E-state index in [1.54, 1.807) is 0 Å². The molecule has 1 atom stereocenters. The molecule has 0 aliphatic carbocycles. The number of likely N-dealkylation sites (tertiary alicyclic amines) is 1. The molecule has 0 aromatic rings. The lowest BCUT2D eigenvalue weighted by atomic mass is 9.85. The van der Waals surface area contributed by atoms with Crippen molar-refractivity contribution in [3.63, 3.8) is 0 Å². The molecule has 0 amide bonds. The SMILES string of the molecule is C[C@@H]1CC(=O)C(C)(C)N(C)C1. The fourth-order valence-electron chi connectivity index (χ4n) is 1.54. The first-order chi connectivity index (χ1) is 4.94. The Labute approximate surface area is 68.6 Å². The maximum Gasteiger partial charge on any atom is 0.152 e. The fourth-order valence-corrected chi connectivity index (χ4v) is 1.54. The minimum Gasteiger partial charge on any atom is -0.298 e. The third-order valence-corrected chi connectivity index (χ3v) is 2.76. The van der Waals surface area contributed by atoms with E-state index < -0.39 is 0 Å². The highest BCUT2D eigenvalue weighted by atomic mass is 16.1. The zero-order chi connectivity index (χ0) is 8.65. The van der Waals surface area contributed by atoms with Gasteiger partial charge in [-0.3, -0.25) is 9.69 Å². The molecule has 0 aromatic carbocycles. The van der Waals surface area contributed by atoms with Crippen molar-refractivity contribution < 1.29 is 4.79 Å². The first-order valence-electron chi connectivity index (χ1n) is 4.19. The van der Waals surface area contributed by atoms with E-state index in [-0.39, 0.29) is 5.54 Å². The largest absolute Gasteiger partial charge is 0.298 e. The van der Waals surface area contributed by atoms with E-state index in [9.17, 15) is 4.79 Å². The first kappa shape index (κ1) is 8.72. The number of hydrogen-bond donors (Lipinski definition) is 0. The molecule has 1 rings (SSSR count). The van der Waals surface area contributed by atoms with Gasteiger partial charge >= 0.3 is 0 Å². The molecule has 0 unspecified atom stereocenters. The lowest BCUT2D eigenvalue weighted by Crippen LogP contribution is -2.53. The Balaban J connectivity index is 2.76. The average Bonchev–Trinajstić information content (AvgIpc) is 1.84. The van der Waals surface area contributed by atoms with Crippen LogP contribution in [0.2, 0.25) is 0 Å². The van der Waals surface area contributed by atoms with Gasteiger partial charge in [0.2, 0.25) is 0 Å². The summed E-state index contributed by atoms with van der Waals surface area (Å²) in [4.78, 5) is 13.6. The van der Waals surface area contributed by atoms with Gasteiger partial charge in [0.1, 0.15) is 0 Å².